The van der Waals surface area contributed by atoms with E-state index < -0.39 is 6.10 Å². The van der Waals surface area contributed by atoms with Gasteiger partial charge in [0.15, 0.2) is 6.10 Å². The SMILES string of the molecule is CCCCCCCCCCCCCCCCCCCC(=O)OC[C@H](COC(=O)CCCCCCCCCCCCCC(C)C)OC(=O)CCCCCCCCCCCCCCC(C)C. The highest BCUT2D eigenvalue weighted by atomic mass is 16.6. The van der Waals surface area contributed by atoms with Crippen LogP contribution in [0.25, 0.3) is 0 Å². The number of esters is 3. The van der Waals surface area contributed by atoms with Gasteiger partial charge in [-0.15, -0.1) is 0 Å². The number of carbonyl (C=O) groups excluding carboxylic acids is 3. The van der Waals surface area contributed by atoms with Crippen LogP contribution in [-0.4, -0.2) is 37.2 Å². The highest BCUT2D eigenvalue weighted by Gasteiger charge is 2.19. The van der Waals surface area contributed by atoms with Crippen molar-refractivity contribution in [2.75, 3.05) is 13.2 Å². The van der Waals surface area contributed by atoms with Crippen LogP contribution in [0.3, 0.4) is 0 Å². The summed E-state index contributed by atoms with van der Waals surface area (Å²) < 4.78 is 16.9. The summed E-state index contributed by atoms with van der Waals surface area (Å²) >= 11 is 0. The van der Waals surface area contributed by atoms with Gasteiger partial charge < -0.3 is 14.2 Å². The Morgan fingerprint density at radius 1 is 0.297 bits per heavy atom. The fourth-order valence-corrected chi connectivity index (χ4v) is 8.87. The van der Waals surface area contributed by atoms with Crippen molar-refractivity contribution < 1.29 is 28.6 Å². The van der Waals surface area contributed by atoms with Crippen LogP contribution in [0, 0.1) is 11.8 Å². The van der Waals surface area contributed by atoms with Crippen LogP contribution in [0.4, 0.5) is 0 Å². The maximum atomic E-state index is 12.8. The monoisotopic (exact) mass is 905 g/mol. The molecule has 0 aliphatic heterocycles. The molecule has 0 saturated carbocycles. The number of hydrogen-bond donors (Lipinski definition) is 0. The minimum atomic E-state index is -0.763. The summed E-state index contributed by atoms with van der Waals surface area (Å²) in [6.45, 7) is 11.4. The summed E-state index contributed by atoms with van der Waals surface area (Å²) in [5.74, 6) is 0.819. The Morgan fingerprint density at radius 2 is 0.516 bits per heavy atom. The number of rotatable bonds is 52. The third-order valence-electron chi connectivity index (χ3n) is 13.2. The molecule has 0 aliphatic rings. The van der Waals surface area contributed by atoms with Crippen LogP contribution < -0.4 is 0 Å². The lowest BCUT2D eigenvalue weighted by Crippen LogP contribution is -2.30. The van der Waals surface area contributed by atoms with Crippen LogP contribution in [0.15, 0.2) is 0 Å². The van der Waals surface area contributed by atoms with Crippen molar-refractivity contribution in [3.63, 3.8) is 0 Å². The fraction of sp³-hybridized carbons (Fsp3) is 0.948. The quantitative estimate of drug-likeness (QED) is 0.0344. The predicted molar refractivity (Wildman–Crippen MR) is 275 cm³/mol. The van der Waals surface area contributed by atoms with E-state index in [4.69, 9.17) is 14.2 Å². The molecule has 0 aromatic heterocycles. The summed E-state index contributed by atoms with van der Waals surface area (Å²) in [7, 11) is 0. The molecule has 380 valence electrons. The second-order valence-corrected chi connectivity index (χ2v) is 20.9. The summed E-state index contributed by atoms with van der Waals surface area (Å²) in [4.78, 5) is 38.1. The van der Waals surface area contributed by atoms with Crippen molar-refractivity contribution in [3.8, 4) is 0 Å². The van der Waals surface area contributed by atoms with Crippen molar-refractivity contribution in [3.05, 3.63) is 0 Å². The molecule has 0 amide bonds. The van der Waals surface area contributed by atoms with E-state index in [9.17, 15) is 14.4 Å². The van der Waals surface area contributed by atoms with E-state index in [0.29, 0.717) is 19.3 Å². The van der Waals surface area contributed by atoms with Crippen LogP contribution in [0.1, 0.15) is 324 Å². The minimum Gasteiger partial charge on any atom is -0.462 e. The zero-order valence-corrected chi connectivity index (χ0v) is 43.9. The molecule has 0 rings (SSSR count). The molecule has 1 atom stereocenters. The zero-order valence-electron chi connectivity index (χ0n) is 43.9. The topological polar surface area (TPSA) is 78.9 Å². The molecular weight excluding hydrogens is 793 g/mol. The molecule has 0 spiro atoms. The Kier molecular flexibility index (Phi) is 49.6. The van der Waals surface area contributed by atoms with Gasteiger partial charge in [-0.3, -0.25) is 14.4 Å². The predicted octanol–water partition coefficient (Wildman–Crippen LogP) is 18.9. The van der Waals surface area contributed by atoms with E-state index in [-0.39, 0.29) is 31.1 Å². The van der Waals surface area contributed by atoms with E-state index in [1.807, 2.05) is 0 Å². The molecular formula is C58H112O6. The summed E-state index contributed by atoms with van der Waals surface area (Å²) in [5, 5.41) is 0. The Bertz CT molecular complexity index is 978. The van der Waals surface area contributed by atoms with E-state index in [0.717, 1.165) is 69.6 Å². The normalized spacial score (nSPS) is 12.0. The van der Waals surface area contributed by atoms with Crippen LogP contribution >= 0.6 is 0 Å². The Morgan fingerprint density at radius 3 is 0.766 bits per heavy atom. The molecule has 0 aliphatic carbocycles. The molecule has 64 heavy (non-hydrogen) atoms. The van der Waals surface area contributed by atoms with E-state index >= 15 is 0 Å². The first-order valence-electron chi connectivity index (χ1n) is 28.7. The lowest BCUT2D eigenvalue weighted by Gasteiger charge is -2.18. The zero-order chi connectivity index (χ0) is 46.8. The Balaban J connectivity index is 4.30. The lowest BCUT2D eigenvalue weighted by atomic mass is 10.0. The van der Waals surface area contributed by atoms with Gasteiger partial charge in [0.2, 0.25) is 0 Å². The molecule has 6 nitrogen and oxygen atoms in total. The molecule has 0 radical (unpaired) electrons. The summed E-state index contributed by atoms with van der Waals surface area (Å²) in [5.41, 5.74) is 0. The molecule has 0 heterocycles. The first-order valence-corrected chi connectivity index (χ1v) is 28.7. The summed E-state index contributed by atoms with van der Waals surface area (Å²) in [6.07, 6.45) is 53.8. The molecule has 0 aromatic carbocycles. The van der Waals surface area contributed by atoms with Gasteiger partial charge in [-0.2, -0.15) is 0 Å². The van der Waals surface area contributed by atoms with Crippen LogP contribution in [0.5, 0.6) is 0 Å². The minimum absolute atomic E-state index is 0.0628. The van der Waals surface area contributed by atoms with Gasteiger partial charge >= 0.3 is 17.9 Å². The lowest BCUT2D eigenvalue weighted by molar-refractivity contribution is -0.167. The molecule has 0 unspecified atom stereocenters. The largest absolute Gasteiger partial charge is 0.462 e. The highest BCUT2D eigenvalue weighted by Crippen LogP contribution is 2.18. The van der Waals surface area contributed by atoms with Crippen molar-refractivity contribution >= 4 is 17.9 Å². The maximum absolute atomic E-state index is 12.8. The average molecular weight is 906 g/mol. The smallest absolute Gasteiger partial charge is 0.306 e. The molecule has 0 N–H and O–H groups in total. The van der Waals surface area contributed by atoms with Gasteiger partial charge in [0.25, 0.3) is 0 Å². The van der Waals surface area contributed by atoms with E-state index in [1.54, 1.807) is 0 Å². The van der Waals surface area contributed by atoms with Gasteiger partial charge in [-0.05, 0) is 31.1 Å². The number of ether oxygens (including phenoxy) is 3. The van der Waals surface area contributed by atoms with Gasteiger partial charge in [-0.1, -0.05) is 285 Å². The van der Waals surface area contributed by atoms with Crippen LogP contribution in [-0.2, 0) is 28.6 Å². The van der Waals surface area contributed by atoms with Gasteiger partial charge in [0.05, 0.1) is 0 Å². The standard InChI is InChI=1S/C58H112O6/c1-6-7-8-9-10-11-12-13-14-15-16-17-23-28-33-38-43-48-56(59)62-51-55(52-63-57(60)49-44-39-34-29-25-20-22-27-32-37-42-47-54(4)5)64-58(61)50-45-40-35-30-24-19-18-21-26-31-36-41-46-53(2)3/h53-55H,6-52H2,1-5H3/t55-/m1/s1. The van der Waals surface area contributed by atoms with Crippen molar-refractivity contribution in [1.29, 1.82) is 0 Å². The second kappa shape index (κ2) is 50.8. The number of carbonyl (C=O) groups is 3. The van der Waals surface area contributed by atoms with E-state index in [1.165, 1.54) is 212 Å². The third kappa shape index (κ3) is 51.4. The first-order chi connectivity index (χ1) is 31.2. The van der Waals surface area contributed by atoms with Crippen molar-refractivity contribution in [2.24, 2.45) is 11.8 Å². The second-order valence-electron chi connectivity index (χ2n) is 20.9. The average Bonchev–Trinajstić information content (AvgIpc) is 3.27. The fourth-order valence-electron chi connectivity index (χ4n) is 8.87. The Hall–Kier alpha value is -1.59. The van der Waals surface area contributed by atoms with Crippen molar-refractivity contribution in [1.82, 2.24) is 0 Å². The Labute approximate surface area is 399 Å². The van der Waals surface area contributed by atoms with Gasteiger partial charge in [0.1, 0.15) is 13.2 Å². The molecule has 0 fully saturated rings. The van der Waals surface area contributed by atoms with Crippen molar-refractivity contribution in [2.45, 2.75) is 330 Å². The molecule has 0 bridgehead atoms. The van der Waals surface area contributed by atoms with Gasteiger partial charge in [-0.25, -0.2) is 0 Å². The summed E-state index contributed by atoms with van der Waals surface area (Å²) in [6, 6.07) is 0. The van der Waals surface area contributed by atoms with Crippen LogP contribution in [0.2, 0.25) is 0 Å². The third-order valence-corrected chi connectivity index (χ3v) is 13.2. The molecule has 0 saturated heterocycles. The number of unbranched alkanes of at least 4 members (excludes halogenated alkanes) is 37. The van der Waals surface area contributed by atoms with Gasteiger partial charge in [0, 0.05) is 19.3 Å². The molecule has 6 heteroatoms. The van der Waals surface area contributed by atoms with E-state index in [2.05, 4.69) is 34.6 Å². The number of hydrogen-bond acceptors (Lipinski definition) is 6. The first kappa shape index (κ1) is 62.4. The maximum Gasteiger partial charge on any atom is 0.306 e. The highest BCUT2D eigenvalue weighted by molar-refractivity contribution is 5.71. The molecule has 0 aromatic rings.